The van der Waals surface area contributed by atoms with Crippen LogP contribution in [0.1, 0.15) is 100 Å². The summed E-state index contributed by atoms with van der Waals surface area (Å²) in [5, 5.41) is 20.4. The van der Waals surface area contributed by atoms with Crippen LogP contribution in [0.5, 0.6) is 0 Å². The summed E-state index contributed by atoms with van der Waals surface area (Å²) >= 11 is 0. The van der Waals surface area contributed by atoms with Crippen LogP contribution in [0.3, 0.4) is 0 Å². The van der Waals surface area contributed by atoms with Gasteiger partial charge in [0.05, 0.1) is 12.1 Å². The first-order chi connectivity index (χ1) is 33.2. The average molecular weight is 957 g/mol. The Morgan fingerprint density at radius 1 is 0.571 bits per heavy atom. The molecule has 2 fully saturated rings. The highest BCUT2D eigenvalue weighted by molar-refractivity contribution is 5.98. The number of hydrogen-bond donors (Lipinski definition) is 8. The fourth-order valence-corrected chi connectivity index (χ4v) is 9.81. The van der Waals surface area contributed by atoms with Gasteiger partial charge in [-0.15, -0.1) is 0 Å². The Labute approximate surface area is 411 Å². The van der Waals surface area contributed by atoms with Crippen molar-refractivity contribution in [1.29, 1.82) is 0 Å². The first-order valence-corrected chi connectivity index (χ1v) is 24.5. The van der Waals surface area contributed by atoms with Gasteiger partial charge >= 0.3 is 0 Å². The third-order valence-electron chi connectivity index (χ3n) is 14.2. The molecular formula is C54H72N10O6. The summed E-state index contributed by atoms with van der Waals surface area (Å²) in [5.74, 6) is -1.64. The van der Waals surface area contributed by atoms with E-state index in [0.717, 1.165) is 32.9 Å². The third kappa shape index (κ3) is 11.6. The number of carbonyl (C=O) groups excluding carboxylic acids is 6. The predicted molar refractivity (Wildman–Crippen MR) is 273 cm³/mol. The number of carbonyl (C=O) groups is 6. The Balaban J connectivity index is 1.05. The smallest absolute Gasteiger partial charge is 0.251 e. The molecule has 6 amide bonds. The number of para-hydroxylation sites is 2. The van der Waals surface area contributed by atoms with Crippen LogP contribution in [0.2, 0.25) is 0 Å². The molecule has 5 aromatic rings. The number of fused-ring (bicyclic) bond motifs is 2. The number of rotatable bonds is 16. The van der Waals surface area contributed by atoms with Crippen LogP contribution in [0.15, 0.2) is 85.2 Å². The molecule has 2 aromatic heterocycles. The maximum Gasteiger partial charge on any atom is 0.251 e. The fourth-order valence-electron chi connectivity index (χ4n) is 9.81. The van der Waals surface area contributed by atoms with E-state index in [1.54, 1.807) is 52.2 Å². The van der Waals surface area contributed by atoms with Crippen LogP contribution in [-0.2, 0) is 32.0 Å². The summed E-state index contributed by atoms with van der Waals surface area (Å²) in [7, 11) is 3.40. The molecule has 0 saturated carbocycles. The van der Waals surface area contributed by atoms with Gasteiger partial charge in [-0.25, -0.2) is 0 Å². The van der Waals surface area contributed by atoms with E-state index < -0.39 is 35.0 Å². The van der Waals surface area contributed by atoms with Gasteiger partial charge in [0.15, 0.2) is 0 Å². The molecule has 4 heterocycles. The molecule has 8 N–H and O–H groups in total. The lowest BCUT2D eigenvalue weighted by molar-refractivity contribution is -0.140. The topological polar surface area (TPSA) is 213 Å². The second kappa shape index (κ2) is 21.2. The molecule has 2 aliphatic rings. The van der Waals surface area contributed by atoms with Gasteiger partial charge in [-0.05, 0) is 112 Å². The van der Waals surface area contributed by atoms with Gasteiger partial charge in [0.1, 0.15) is 12.1 Å². The zero-order chi connectivity index (χ0) is 50.7. The van der Waals surface area contributed by atoms with E-state index in [0.29, 0.717) is 36.8 Å². The van der Waals surface area contributed by atoms with Crippen LogP contribution in [0.25, 0.3) is 21.8 Å². The molecule has 0 aliphatic carbocycles. The second-order valence-electron chi connectivity index (χ2n) is 21.4. The van der Waals surface area contributed by atoms with Crippen molar-refractivity contribution in [2.24, 2.45) is 10.8 Å². The molecule has 0 bridgehead atoms. The summed E-state index contributed by atoms with van der Waals surface area (Å²) in [6.07, 6.45) is 6.02. The molecule has 0 radical (unpaired) electrons. The SMILES string of the molecule is CN[C@@H](C)C(=O)N[C@H](C(=O)N1C[C@@H](NC(=O)c2ccc(C(=O)N[C@H]3C[C@@H](Cc4c[nH]c5ccccc45)N(C(=O)[C@@H](NC(=O)[C@H](C)NC)C(C)(C)C)C3)cc2)C[C@H]1Cc1c[nH]c2ccccc12)C(C)(C)C. The van der Waals surface area contributed by atoms with Crippen molar-refractivity contribution in [3.63, 3.8) is 0 Å². The molecular weight excluding hydrogens is 885 g/mol. The number of H-pyrrole nitrogens is 2. The van der Waals surface area contributed by atoms with E-state index in [4.69, 9.17) is 0 Å². The molecule has 16 heteroatoms. The summed E-state index contributed by atoms with van der Waals surface area (Å²) in [5.41, 5.74) is 3.60. The number of likely N-dealkylation sites (N-methyl/N-ethyl adjacent to an activating group) is 2. The molecule has 70 heavy (non-hydrogen) atoms. The van der Waals surface area contributed by atoms with Crippen molar-refractivity contribution >= 4 is 57.2 Å². The number of nitrogens with one attached hydrogen (secondary N) is 8. The van der Waals surface area contributed by atoms with Crippen molar-refractivity contribution in [2.45, 2.75) is 129 Å². The van der Waals surface area contributed by atoms with E-state index >= 15 is 0 Å². The predicted octanol–water partition coefficient (Wildman–Crippen LogP) is 4.81. The second-order valence-corrected chi connectivity index (χ2v) is 21.4. The summed E-state index contributed by atoms with van der Waals surface area (Å²) in [6.45, 7) is 15.6. The summed E-state index contributed by atoms with van der Waals surface area (Å²) in [4.78, 5) is 93.6. The van der Waals surface area contributed by atoms with E-state index in [-0.39, 0.29) is 72.7 Å². The maximum atomic E-state index is 14.6. The normalized spacial score (nSPS) is 20.2. The van der Waals surface area contributed by atoms with Gasteiger partial charge in [0.2, 0.25) is 23.6 Å². The van der Waals surface area contributed by atoms with E-state index in [1.807, 2.05) is 112 Å². The Kier molecular flexibility index (Phi) is 15.6. The molecule has 2 saturated heterocycles. The van der Waals surface area contributed by atoms with Crippen LogP contribution in [-0.4, -0.2) is 131 Å². The largest absolute Gasteiger partial charge is 0.361 e. The number of aromatic amines is 2. The molecule has 0 unspecified atom stereocenters. The van der Waals surface area contributed by atoms with Gasteiger partial charge in [0, 0.05) is 82.6 Å². The van der Waals surface area contributed by atoms with Gasteiger partial charge in [-0.3, -0.25) is 28.8 Å². The fraction of sp³-hybridized carbons (Fsp3) is 0.481. The van der Waals surface area contributed by atoms with Gasteiger partial charge in [-0.1, -0.05) is 77.9 Å². The van der Waals surface area contributed by atoms with Gasteiger partial charge < -0.3 is 51.7 Å². The molecule has 7 rings (SSSR count). The minimum Gasteiger partial charge on any atom is -0.361 e. The Morgan fingerprint density at radius 2 is 0.929 bits per heavy atom. The highest BCUT2D eigenvalue weighted by Crippen LogP contribution is 2.32. The lowest BCUT2D eigenvalue weighted by Crippen LogP contribution is -2.58. The van der Waals surface area contributed by atoms with Crippen LogP contribution >= 0.6 is 0 Å². The van der Waals surface area contributed by atoms with Crippen molar-refractivity contribution < 1.29 is 28.8 Å². The maximum absolute atomic E-state index is 14.6. The molecule has 3 aromatic carbocycles. The molecule has 374 valence electrons. The monoisotopic (exact) mass is 957 g/mol. The molecule has 8 atom stereocenters. The van der Waals surface area contributed by atoms with E-state index in [2.05, 4.69) is 41.9 Å². The Morgan fingerprint density at radius 3 is 1.27 bits per heavy atom. The number of nitrogens with zero attached hydrogens (tertiary/aromatic N) is 2. The lowest BCUT2D eigenvalue weighted by atomic mass is 9.85. The van der Waals surface area contributed by atoms with Crippen LogP contribution < -0.4 is 31.9 Å². The van der Waals surface area contributed by atoms with Crippen molar-refractivity contribution in [1.82, 2.24) is 51.7 Å². The van der Waals surface area contributed by atoms with Gasteiger partial charge in [-0.2, -0.15) is 0 Å². The van der Waals surface area contributed by atoms with E-state index in [9.17, 15) is 28.8 Å². The third-order valence-corrected chi connectivity index (χ3v) is 14.2. The van der Waals surface area contributed by atoms with Crippen molar-refractivity contribution in [3.8, 4) is 0 Å². The van der Waals surface area contributed by atoms with Crippen LogP contribution in [0, 0.1) is 10.8 Å². The molecule has 16 nitrogen and oxygen atoms in total. The molecule has 0 spiro atoms. The highest BCUT2D eigenvalue weighted by Gasteiger charge is 2.45. The first kappa shape index (κ1) is 51.3. The number of aromatic nitrogens is 2. The summed E-state index contributed by atoms with van der Waals surface area (Å²) < 4.78 is 0. The standard InChI is InChI=1S/C54H72N10O6/c1-31(55-9)47(65)61-45(53(3,4)5)51(69)63-29-37(25-39(63)23-35-27-57-43-17-13-11-15-41(35)43)59-49(67)33-19-21-34(22-20-33)50(68)60-38-26-40(24-36-28-58-44-18-14-12-16-42(36)44)64(30-38)52(70)46(54(6,7)8)62-48(66)32(2)56-10/h11-22,27-28,31-32,37-40,45-46,55-58H,23-26,29-30H2,1-10H3,(H,59,67)(H,60,68)(H,61,65)(H,62,66)/t31-,32-,37-,38-,39+,40+,45+,46+/m0/s1. The number of likely N-dealkylation sites (tertiary alicyclic amines) is 2. The number of hydrogen-bond acceptors (Lipinski definition) is 8. The average Bonchev–Trinajstić information content (AvgIpc) is 4.14. The van der Waals surface area contributed by atoms with Gasteiger partial charge in [0.25, 0.3) is 11.8 Å². The molecule has 2 aliphatic heterocycles. The minimum atomic E-state index is -0.812. The zero-order valence-electron chi connectivity index (χ0n) is 42.3. The zero-order valence-corrected chi connectivity index (χ0v) is 42.3. The van der Waals surface area contributed by atoms with Crippen LogP contribution in [0.4, 0.5) is 0 Å². The Hall–Kier alpha value is -6.52. The quantitative estimate of drug-likeness (QED) is 0.0686. The highest BCUT2D eigenvalue weighted by atomic mass is 16.2. The number of amides is 6. The van der Waals surface area contributed by atoms with Crippen molar-refractivity contribution in [3.05, 3.63) is 107 Å². The first-order valence-electron chi connectivity index (χ1n) is 24.5. The van der Waals surface area contributed by atoms with E-state index in [1.165, 1.54) is 0 Å². The minimum absolute atomic E-state index is 0.208. The van der Waals surface area contributed by atoms with Crippen molar-refractivity contribution in [2.75, 3.05) is 27.2 Å². The Bertz CT molecular complexity index is 2510. The summed E-state index contributed by atoms with van der Waals surface area (Å²) in [6, 6.07) is 18.6. The number of benzene rings is 3. The lowest BCUT2D eigenvalue weighted by Gasteiger charge is -2.36.